The number of nitrogens with two attached hydrogens (primary N) is 1. The number of benzene rings is 1. The van der Waals surface area contributed by atoms with Gasteiger partial charge in [-0.25, -0.2) is 4.98 Å². The largest absolute Gasteiger partial charge is 0.327 e. The lowest BCUT2D eigenvalue weighted by atomic mass is 9.99. The van der Waals surface area contributed by atoms with Gasteiger partial charge in [-0.05, 0) is 49.9 Å². The van der Waals surface area contributed by atoms with Gasteiger partial charge in [0.2, 0.25) is 0 Å². The SMILES string of the molecule is Cc1cc(Br)ccc1C(=O)Nc1nc2c(s1)C[C@@H](N)CC2.Cl. The van der Waals surface area contributed by atoms with Crippen molar-refractivity contribution < 1.29 is 4.79 Å². The molecular formula is C15H17BrClN3OS. The summed E-state index contributed by atoms with van der Waals surface area (Å²) in [4.78, 5) is 18.1. The summed E-state index contributed by atoms with van der Waals surface area (Å²) >= 11 is 4.94. The Morgan fingerprint density at radius 3 is 3.00 bits per heavy atom. The number of anilines is 1. The first-order valence-electron chi connectivity index (χ1n) is 6.84. The van der Waals surface area contributed by atoms with Crippen molar-refractivity contribution in [2.45, 2.75) is 32.2 Å². The Hall–Kier alpha value is -0.950. The maximum atomic E-state index is 12.3. The maximum Gasteiger partial charge on any atom is 0.257 e. The van der Waals surface area contributed by atoms with Crippen LogP contribution in [0.25, 0.3) is 0 Å². The van der Waals surface area contributed by atoms with E-state index in [4.69, 9.17) is 5.73 Å². The van der Waals surface area contributed by atoms with Gasteiger partial charge in [-0.2, -0.15) is 0 Å². The first kappa shape index (κ1) is 17.4. The monoisotopic (exact) mass is 401 g/mol. The number of hydrogen-bond acceptors (Lipinski definition) is 4. The van der Waals surface area contributed by atoms with Crippen LogP contribution in [-0.2, 0) is 12.8 Å². The number of amides is 1. The Morgan fingerprint density at radius 2 is 2.27 bits per heavy atom. The molecule has 3 rings (SSSR count). The van der Waals surface area contributed by atoms with Crippen molar-refractivity contribution in [1.29, 1.82) is 0 Å². The highest BCUT2D eigenvalue weighted by Crippen LogP contribution is 2.29. The normalized spacial score (nSPS) is 16.6. The molecule has 1 aromatic heterocycles. The minimum Gasteiger partial charge on any atom is -0.327 e. The van der Waals surface area contributed by atoms with Crippen LogP contribution in [0.4, 0.5) is 5.13 Å². The summed E-state index contributed by atoms with van der Waals surface area (Å²) in [5.74, 6) is -0.115. The smallest absolute Gasteiger partial charge is 0.257 e. The van der Waals surface area contributed by atoms with Gasteiger partial charge in [0.05, 0.1) is 5.69 Å². The molecule has 7 heteroatoms. The highest BCUT2D eigenvalue weighted by atomic mass is 79.9. The van der Waals surface area contributed by atoms with E-state index < -0.39 is 0 Å². The number of nitrogens with zero attached hydrogens (tertiary/aromatic N) is 1. The molecule has 0 unspecified atom stereocenters. The second kappa shape index (κ2) is 7.08. The van der Waals surface area contributed by atoms with Gasteiger partial charge in [0, 0.05) is 21.0 Å². The van der Waals surface area contributed by atoms with E-state index in [-0.39, 0.29) is 24.4 Å². The van der Waals surface area contributed by atoms with Gasteiger partial charge in [-0.1, -0.05) is 15.9 Å². The lowest BCUT2D eigenvalue weighted by molar-refractivity contribution is 0.102. The molecule has 22 heavy (non-hydrogen) atoms. The van der Waals surface area contributed by atoms with Gasteiger partial charge in [0.25, 0.3) is 5.91 Å². The molecule has 0 saturated carbocycles. The van der Waals surface area contributed by atoms with Crippen LogP contribution in [-0.4, -0.2) is 16.9 Å². The summed E-state index contributed by atoms with van der Waals surface area (Å²) in [6.45, 7) is 1.92. The Balaban J connectivity index is 0.00000176. The molecule has 3 N–H and O–H groups in total. The van der Waals surface area contributed by atoms with Crippen LogP contribution in [0.2, 0.25) is 0 Å². The Bertz CT molecular complexity index is 704. The van der Waals surface area contributed by atoms with Crippen LogP contribution in [0.5, 0.6) is 0 Å². The van der Waals surface area contributed by atoms with E-state index in [2.05, 4.69) is 26.2 Å². The van der Waals surface area contributed by atoms with Crippen molar-refractivity contribution in [2.75, 3.05) is 5.32 Å². The number of aromatic nitrogens is 1. The van der Waals surface area contributed by atoms with Crippen LogP contribution in [0.1, 0.15) is 32.9 Å². The molecule has 0 spiro atoms. The van der Waals surface area contributed by atoms with Gasteiger partial charge < -0.3 is 5.73 Å². The van der Waals surface area contributed by atoms with Crippen LogP contribution in [0.3, 0.4) is 0 Å². The Labute approximate surface area is 148 Å². The molecule has 0 radical (unpaired) electrons. The molecule has 1 atom stereocenters. The molecule has 118 valence electrons. The van der Waals surface area contributed by atoms with E-state index in [1.807, 2.05) is 25.1 Å². The van der Waals surface area contributed by atoms with E-state index in [9.17, 15) is 4.79 Å². The van der Waals surface area contributed by atoms with Gasteiger partial charge in [0.15, 0.2) is 5.13 Å². The molecule has 1 heterocycles. The fourth-order valence-corrected chi connectivity index (χ4v) is 4.07. The summed E-state index contributed by atoms with van der Waals surface area (Å²) in [6.07, 6.45) is 2.73. The topological polar surface area (TPSA) is 68.0 Å². The zero-order chi connectivity index (χ0) is 15.0. The zero-order valence-electron chi connectivity index (χ0n) is 12.1. The van der Waals surface area contributed by atoms with Crippen LogP contribution < -0.4 is 11.1 Å². The standard InChI is InChI=1S/C15H16BrN3OS.ClH/c1-8-6-9(16)2-4-11(8)14(20)19-15-18-12-5-3-10(17)7-13(12)21-15;/h2,4,6,10H,3,5,7,17H2,1H3,(H,18,19,20);1H/t10-;/m0./s1. The highest BCUT2D eigenvalue weighted by Gasteiger charge is 2.21. The second-order valence-electron chi connectivity index (χ2n) is 5.31. The van der Waals surface area contributed by atoms with Crippen molar-refractivity contribution in [2.24, 2.45) is 5.73 Å². The molecule has 0 bridgehead atoms. The molecule has 2 aromatic rings. The third-order valence-corrected chi connectivity index (χ3v) is 5.16. The van der Waals surface area contributed by atoms with Crippen LogP contribution in [0, 0.1) is 6.92 Å². The zero-order valence-corrected chi connectivity index (χ0v) is 15.3. The number of carbonyl (C=O) groups excluding carboxylic acids is 1. The summed E-state index contributed by atoms with van der Waals surface area (Å²) in [6, 6.07) is 5.84. The minimum atomic E-state index is -0.115. The molecule has 1 amide bonds. The number of thiazole rings is 1. The maximum absolute atomic E-state index is 12.3. The van der Waals surface area contributed by atoms with Crippen molar-refractivity contribution in [1.82, 2.24) is 4.98 Å². The van der Waals surface area contributed by atoms with Crippen molar-refractivity contribution >= 4 is 50.7 Å². The molecule has 1 aliphatic rings. The summed E-state index contributed by atoms with van der Waals surface area (Å²) < 4.78 is 0.968. The first-order chi connectivity index (χ1) is 10.0. The Kier molecular flexibility index (Phi) is 5.60. The number of hydrogen-bond donors (Lipinski definition) is 2. The first-order valence-corrected chi connectivity index (χ1v) is 8.45. The van der Waals surface area contributed by atoms with Gasteiger partial charge in [0.1, 0.15) is 0 Å². The summed E-state index contributed by atoms with van der Waals surface area (Å²) in [5.41, 5.74) is 8.66. The molecule has 4 nitrogen and oxygen atoms in total. The fraction of sp³-hybridized carbons (Fsp3) is 0.333. The third-order valence-electron chi connectivity index (χ3n) is 3.63. The van der Waals surface area contributed by atoms with Gasteiger partial charge in [-0.3, -0.25) is 10.1 Å². The van der Waals surface area contributed by atoms with Gasteiger partial charge in [-0.15, -0.1) is 23.7 Å². The average molecular weight is 403 g/mol. The fourth-order valence-electron chi connectivity index (χ4n) is 2.50. The number of rotatable bonds is 2. The Morgan fingerprint density at radius 1 is 1.50 bits per heavy atom. The van der Waals surface area contributed by atoms with E-state index in [1.54, 1.807) is 0 Å². The number of halogens is 2. The highest BCUT2D eigenvalue weighted by molar-refractivity contribution is 9.10. The van der Waals surface area contributed by atoms with E-state index >= 15 is 0 Å². The molecule has 0 fully saturated rings. The lowest BCUT2D eigenvalue weighted by Gasteiger charge is -2.15. The second-order valence-corrected chi connectivity index (χ2v) is 7.30. The van der Waals surface area contributed by atoms with Gasteiger partial charge >= 0.3 is 0 Å². The summed E-state index contributed by atoms with van der Waals surface area (Å²) in [7, 11) is 0. The van der Waals surface area contributed by atoms with Crippen LogP contribution in [0.15, 0.2) is 22.7 Å². The predicted octanol–water partition coefficient (Wildman–Crippen LogP) is 3.70. The molecule has 1 aliphatic carbocycles. The lowest BCUT2D eigenvalue weighted by Crippen LogP contribution is -2.27. The molecule has 0 aliphatic heterocycles. The van der Waals surface area contributed by atoms with Crippen molar-refractivity contribution in [3.8, 4) is 0 Å². The minimum absolute atomic E-state index is 0. The third kappa shape index (κ3) is 3.68. The van der Waals surface area contributed by atoms with E-state index in [0.29, 0.717) is 10.7 Å². The summed E-state index contributed by atoms with van der Waals surface area (Å²) in [5, 5.41) is 3.57. The van der Waals surface area contributed by atoms with Crippen molar-refractivity contribution in [3.63, 3.8) is 0 Å². The average Bonchev–Trinajstić information content (AvgIpc) is 2.79. The number of nitrogens with one attached hydrogen (secondary N) is 1. The molecule has 1 aromatic carbocycles. The van der Waals surface area contributed by atoms with E-state index in [0.717, 1.165) is 35.0 Å². The number of aryl methyl sites for hydroxylation is 2. The number of carbonyl (C=O) groups is 1. The van der Waals surface area contributed by atoms with Crippen molar-refractivity contribution in [3.05, 3.63) is 44.4 Å². The van der Waals surface area contributed by atoms with E-state index in [1.165, 1.54) is 16.2 Å². The predicted molar refractivity (Wildman–Crippen MR) is 96.2 cm³/mol. The number of fused-ring (bicyclic) bond motifs is 1. The van der Waals surface area contributed by atoms with Crippen LogP contribution >= 0.6 is 39.7 Å². The molecular weight excluding hydrogens is 386 g/mol. The quantitative estimate of drug-likeness (QED) is 0.804. The molecule has 0 saturated heterocycles.